The topological polar surface area (TPSA) is 54.0 Å². The Labute approximate surface area is 155 Å². The molecule has 2 aromatic rings. The van der Waals surface area contributed by atoms with Crippen LogP contribution in [0, 0.1) is 0 Å². The van der Waals surface area contributed by atoms with Crippen LogP contribution in [0.25, 0.3) is 0 Å². The van der Waals surface area contributed by atoms with E-state index in [1.54, 1.807) is 7.11 Å². The maximum atomic E-state index is 10.2. The molecular formula is C21H28N2O3. The van der Waals surface area contributed by atoms with Crippen LogP contribution in [0.4, 0.5) is 0 Å². The highest BCUT2D eigenvalue weighted by Crippen LogP contribution is 2.21. The molecule has 0 spiro atoms. The molecule has 0 aliphatic carbocycles. The first-order chi connectivity index (χ1) is 12.7. The Morgan fingerprint density at radius 3 is 2.65 bits per heavy atom. The largest absolute Gasteiger partial charge is 0.497 e. The molecule has 0 radical (unpaired) electrons. The van der Waals surface area contributed by atoms with E-state index in [1.807, 2.05) is 30.3 Å². The van der Waals surface area contributed by atoms with Crippen LogP contribution in [-0.2, 0) is 12.8 Å². The summed E-state index contributed by atoms with van der Waals surface area (Å²) in [5, 5.41) is 13.5. The number of rotatable bonds is 9. The van der Waals surface area contributed by atoms with E-state index in [0.717, 1.165) is 44.1 Å². The summed E-state index contributed by atoms with van der Waals surface area (Å²) in [6.07, 6.45) is 1.35. The van der Waals surface area contributed by atoms with Gasteiger partial charge in [-0.15, -0.1) is 0 Å². The predicted molar refractivity (Wildman–Crippen MR) is 103 cm³/mol. The van der Waals surface area contributed by atoms with E-state index in [9.17, 15) is 5.11 Å². The van der Waals surface area contributed by atoms with Gasteiger partial charge in [0.15, 0.2) is 0 Å². The van der Waals surface area contributed by atoms with Crippen LogP contribution < -0.4 is 14.8 Å². The molecule has 1 aliphatic rings. The SMILES string of the molecule is COc1ccc(CCc2ccccc2OCC(O)CN2CCNC2)cc1. The van der Waals surface area contributed by atoms with E-state index in [0.29, 0.717) is 13.2 Å². The molecule has 140 valence electrons. The molecular weight excluding hydrogens is 328 g/mol. The van der Waals surface area contributed by atoms with Gasteiger partial charge >= 0.3 is 0 Å². The van der Waals surface area contributed by atoms with Crippen molar-refractivity contribution in [1.29, 1.82) is 0 Å². The molecule has 1 aliphatic heterocycles. The van der Waals surface area contributed by atoms with Crippen LogP contribution in [0.1, 0.15) is 11.1 Å². The highest BCUT2D eigenvalue weighted by atomic mass is 16.5. The Bertz CT molecular complexity index is 669. The molecule has 1 fully saturated rings. The van der Waals surface area contributed by atoms with Crippen LogP contribution in [0.3, 0.4) is 0 Å². The number of benzene rings is 2. The first-order valence-electron chi connectivity index (χ1n) is 9.19. The van der Waals surface area contributed by atoms with Crippen LogP contribution >= 0.6 is 0 Å². The second-order valence-corrected chi connectivity index (χ2v) is 6.66. The lowest BCUT2D eigenvalue weighted by Crippen LogP contribution is -2.34. The van der Waals surface area contributed by atoms with E-state index in [1.165, 1.54) is 11.1 Å². The number of aliphatic hydroxyl groups is 1. The quantitative estimate of drug-likeness (QED) is 0.721. The zero-order chi connectivity index (χ0) is 18.2. The number of hydrogen-bond donors (Lipinski definition) is 2. The number of aliphatic hydroxyl groups excluding tert-OH is 1. The van der Waals surface area contributed by atoms with Crippen molar-refractivity contribution in [3.8, 4) is 11.5 Å². The molecule has 0 bridgehead atoms. The monoisotopic (exact) mass is 356 g/mol. The molecule has 1 heterocycles. The minimum absolute atomic E-state index is 0.316. The van der Waals surface area contributed by atoms with Gasteiger partial charge in [0.05, 0.1) is 7.11 Å². The van der Waals surface area contributed by atoms with Gasteiger partial charge in [0, 0.05) is 26.3 Å². The molecule has 5 heteroatoms. The molecule has 3 rings (SSSR count). The van der Waals surface area contributed by atoms with Crippen molar-refractivity contribution < 1.29 is 14.6 Å². The maximum absolute atomic E-state index is 10.2. The van der Waals surface area contributed by atoms with Crippen molar-refractivity contribution in [2.24, 2.45) is 0 Å². The van der Waals surface area contributed by atoms with Gasteiger partial charge in [0.1, 0.15) is 24.2 Å². The third-order valence-electron chi connectivity index (χ3n) is 4.66. The third-order valence-corrected chi connectivity index (χ3v) is 4.66. The van der Waals surface area contributed by atoms with Gasteiger partial charge in [0.25, 0.3) is 0 Å². The number of hydrogen-bond acceptors (Lipinski definition) is 5. The van der Waals surface area contributed by atoms with Gasteiger partial charge < -0.3 is 19.9 Å². The number of para-hydroxylation sites is 1. The summed E-state index contributed by atoms with van der Waals surface area (Å²) >= 11 is 0. The van der Waals surface area contributed by atoms with Crippen molar-refractivity contribution in [3.05, 3.63) is 59.7 Å². The van der Waals surface area contributed by atoms with Crippen molar-refractivity contribution in [2.45, 2.75) is 18.9 Å². The number of nitrogens with one attached hydrogen (secondary N) is 1. The second-order valence-electron chi connectivity index (χ2n) is 6.66. The zero-order valence-corrected chi connectivity index (χ0v) is 15.4. The Morgan fingerprint density at radius 1 is 1.12 bits per heavy atom. The number of methoxy groups -OCH3 is 1. The van der Waals surface area contributed by atoms with Crippen molar-refractivity contribution in [2.75, 3.05) is 40.0 Å². The van der Waals surface area contributed by atoms with Gasteiger partial charge in [-0.1, -0.05) is 30.3 Å². The Kier molecular flexibility index (Phi) is 6.89. The standard InChI is InChI=1S/C21H28N2O3/c1-25-20-10-7-17(8-11-20)6-9-18-4-2-3-5-21(18)26-15-19(24)14-23-13-12-22-16-23/h2-5,7-8,10-11,19,22,24H,6,9,12-16H2,1H3. The number of aryl methyl sites for hydroxylation is 2. The number of β-amino-alcohol motifs (C(OH)–C–C–N with tert-alkyl or cyclic N) is 1. The fourth-order valence-corrected chi connectivity index (χ4v) is 3.17. The fourth-order valence-electron chi connectivity index (χ4n) is 3.17. The molecule has 1 unspecified atom stereocenters. The summed E-state index contributed by atoms with van der Waals surface area (Å²) in [7, 11) is 1.68. The molecule has 2 N–H and O–H groups in total. The van der Waals surface area contributed by atoms with Crippen molar-refractivity contribution in [1.82, 2.24) is 10.2 Å². The van der Waals surface area contributed by atoms with Gasteiger partial charge in [-0.25, -0.2) is 0 Å². The van der Waals surface area contributed by atoms with E-state index in [4.69, 9.17) is 9.47 Å². The van der Waals surface area contributed by atoms with E-state index < -0.39 is 6.10 Å². The summed E-state index contributed by atoms with van der Waals surface area (Å²) in [6.45, 7) is 3.77. The average molecular weight is 356 g/mol. The highest BCUT2D eigenvalue weighted by Gasteiger charge is 2.16. The van der Waals surface area contributed by atoms with Crippen LogP contribution in [0.5, 0.6) is 11.5 Å². The number of ether oxygens (including phenoxy) is 2. The lowest BCUT2D eigenvalue weighted by Gasteiger charge is -2.20. The Balaban J connectivity index is 1.51. The van der Waals surface area contributed by atoms with Gasteiger partial charge in [-0.05, 0) is 42.2 Å². The first kappa shape index (κ1) is 18.7. The molecule has 0 amide bonds. The minimum atomic E-state index is -0.482. The molecule has 2 aromatic carbocycles. The summed E-state index contributed by atoms with van der Waals surface area (Å²) in [6, 6.07) is 16.2. The lowest BCUT2D eigenvalue weighted by molar-refractivity contribution is 0.0751. The smallest absolute Gasteiger partial charge is 0.122 e. The van der Waals surface area contributed by atoms with Gasteiger partial charge in [0.2, 0.25) is 0 Å². The van der Waals surface area contributed by atoms with E-state index in [-0.39, 0.29) is 0 Å². The fraction of sp³-hybridized carbons (Fsp3) is 0.429. The summed E-state index contributed by atoms with van der Waals surface area (Å²) in [5.41, 5.74) is 2.43. The van der Waals surface area contributed by atoms with E-state index >= 15 is 0 Å². The molecule has 5 nitrogen and oxygen atoms in total. The first-order valence-corrected chi connectivity index (χ1v) is 9.19. The molecule has 0 aromatic heterocycles. The molecule has 1 atom stereocenters. The van der Waals surface area contributed by atoms with Crippen molar-refractivity contribution in [3.63, 3.8) is 0 Å². The average Bonchev–Trinajstić information content (AvgIpc) is 3.18. The predicted octanol–water partition coefficient (Wildman–Crippen LogP) is 2.08. The third kappa shape index (κ3) is 5.46. The molecule has 0 saturated carbocycles. The van der Waals surface area contributed by atoms with Crippen LogP contribution in [0.2, 0.25) is 0 Å². The van der Waals surface area contributed by atoms with Gasteiger partial charge in [-0.3, -0.25) is 4.90 Å². The Morgan fingerprint density at radius 2 is 1.92 bits per heavy atom. The molecule has 1 saturated heterocycles. The maximum Gasteiger partial charge on any atom is 0.122 e. The van der Waals surface area contributed by atoms with Crippen molar-refractivity contribution >= 4 is 0 Å². The highest BCUT2D eigenvalue weighted by molar-refractivity contribution is 5.35. The Hall–Kier alpha value is -2.08. The number of nitrogens with zero attached hydrogens (tertiary/aromatic N) is 1. The van der Waals surface area contributed by atoms with Gasteiger partial charge in [-0.2, -0.15) is 0 Å². The van der Waals surface area contributed by atoms with E-state index in [2.05, 4.69) is 28.4 Å². The normalized spacial score (nSPS) is 15.8. The summed E-state index contributed by atoms with van der Waals surface area (Å²) in [5.74, 6) is 1.74. The second kappa shape index (κ2) is 9.57. The zero-order valence-electron chi connectivity index (χ0n) is 15.4. The van der Waals surface area contributed by atoms with Crippen LogP contribution in [-0.4, -0.2) is 56.1 Å². The summed E-state index contributed by atoms with van der Waals surface area (Å²) in [4.78, 5) is 2.20. The molecule has 26 heavy (non-hydrogen) atoms. The minimum Gasteiger partial charge on any atom is -0.497 e. The summed E-state index contributed by atoms with van der Waals surface area (Å²) < 4.78 is 11.1. The van der Waals surface area contributed by atoms with Crippen LogP contribution in [0.15, 0.2) is 48.5 Å². The lowest BCUT2D eigenvalue weighted by atomic mass is 10.0.